The van der Waals surface area contributed by atoms with E-state index in [-0.39, 0.29) is 12.2 Å². The first-order valence-electron chi connectivity index (χ1n) is 7.03. The van der Waals surface area contributed by atoms with Gasteiger partial charge in [0.15, 0.2) is 0 Å². The summed E-state index contributed by atoms with van der Waals surface area (Å²) in [6, 6.07) is 6.39. The Morgan fingerprint density at radius 3 is 2.61 bits per heavy atom. The number of rotatable bonds is 3. The molecule has 0 aliphatic heterocycles. The molecule has 1 fully saturated rings. The van der Waals surface area contributed by atoms with Gasteiger partial charge in [-0.05, 0) is 49.3 Å². The number of benzene rings is 1. The molecule has 1 saturated carbocycles. The number of ether oxygens (including phenoxy) is 1. The van der Waals surface area contributed by atoms with Gasteiger partial charge in [-0.1, -0.05) is 32.4 Å². The normalized spacial score (nSPS) is 24.3. The summed E-state index contributed by atoms with van der Waals surface area (Å²) in [5, 5.41) is 9.97. The van der Waals surface area contributed by atoms with Crippen LogP contribution in [0.1, 0.15) is 56.6 Å². The Bertz CT molecular complexity index is 398. The van der Waals surface area contributed by atoms with Crippen LogP contribution in [-0.4, -0.2) is 17.3 Å². The fourth-order valence-corrected chi connectivity index (χ4v) is 2.48. The van der Waals surface area contributed by atoms with Crippen LogP contribution in [0.5, 0.6) is 5.75 Å². The van der Waals surface area contributed by atoms with E-state index < -0.39 is 0 Å². The molecule has 0 heterocycles. The van der Waals surface area contributed by atoms with Crippen molar-refractivity contribution in [2.45, 2.75) is 64.6 Å². The zero-order valence-corrected chi connectivity index (χ0v) is 11.6. The summed E-state index contributed by atoms with van der Waals surface area (Å²) in [5.41, 5.74) is 2.44. The predicted octanol–water partition coefficient (Wildman–Crippen LogP) is 3.80. The zero-order chi connectivity index (χ0) is 13.1. The molecule has 0 amide bonds. The van der Waals surface area contributed by atoms with E-state index >= 15 is 0 Å². The molecular formula is C16H24O2. The maximum absolute atomic E-state index is 9.97. The standard InChI is InChI=1S/C16H24O2/c1-11(2)13-9-8-12(3)16(10-13)18-15-7-5-4-6-14(15)17/h8-11,14-15,17H,4-7H2,1-3H3/t14-,15-/m0/s1. The van der Waals surface area contributed by atoms with Crippen molar-refractivity contribution in [3.63, 3.8) is 0 Å². The van der Waals surface area contributed by atoms with E-state index in [0.717, 1.165) is 37.0 Å². The number of aliphatic hydroxyl groups excluding tert-OH is 1. The highest BCUT2D eigenvalue weighted by atomic mass is 16.5. The van der Waals surface area contributed by atoms with E-state index in [2.05, 4.69) is 39.0 Å². The van der Waals surface area contributed by atoms with Gasteiger partial charge in [0, 0.05) is 0 Å². The van der Waals surface area contributed by atoms with E-state index in [1.165, 1.54) is 5.56 Å². The first-order chi connectivity index (χ1) is 8.58. The molecule has 1 aliphatic carbocycles. The van der Waals surface area contributed by atoms with Crippen LogP contribution in [-0.2, 0) is 0 Å². The Balaban J connectivity index is 2.14. The molecule has 1 aliphatic rings. The first kappa shape index (κ1) is 13.4. The summed E-state index contributed by atoms with van der Waals surface area (Å²) in [4.78, 5) is 0. The van der Waals surface area contributed by atoms with Gasteiger partial charge in [-0.25, -0.2) is 0 Å². The average Bonchev–Trinajstić information content (AvgIpc) is 2.34. The summed E-state index contributed by atoms with van der Waals surface area (Å²) in [7, 11) is 0. The van der Waals surface area contributed by atoms with Crippen molar-refractivity contribution >= 4 is 0 Å². The van der Waals surface area contributed by atoms with Gasteiger partial charge < -0.3 is 9.84 Å². The highest BCUT2D eigenvalue weighted by molar-refractivity contribution is 5.38. The Kier molecular flexibility index (Phi) is 4.28. The fourth-order valence-electron chi connectivity index (χ4n) is 2.48. The van der Waals surface area contributed by atoms with Gasteiger partial charge in [-0.3, -0.25) is 0 Å². The molecule has 2 nitrogen and oxygen atoms in total. The number of aliphatic hydroxyl groups is 1. The smallest absolute Gasteiger partial charge is 0.124 e. The van der Waals surface area contributed by atoms with Crippen molar-refractivity contribution in [2.75, 3.05) is 0 Å². The van der Waals surface area contributed by atoms with E-state index in [9.17, 15) is 5.11 Å². The van der Waals surface area contributed by atoms with Crippen LogP contribution < -0.4 is 4.74 Å². The van der Waals surface area contributed by atoms with E-state index in [1.807, 2.05) is 0 Å². The molecule has 0 spiro atoms. The van der Waals surface area contributed by atoms with Gasteiger partial charge in [0.05, 0.1) is 6.10 Å². The third-order valence-corrected chi connectivity index (χ3v) is 3.82. The second-order valence-electron chi connectivity index (χ2n) is 5.69. The fraction of sp³-hybridized carbons (Fsp3) is 0.625. The summed E-state index contributed by atoms with van der Waals surface area (Å²) in [6.07, 6.45) is 3.78. The average molecular weight is 248 g/mol. The van der Waals surface area contributed by atoms with E-state index in [1.54, 1.807) is 0 Å². The van der Waals surface area contributed by atoms with Crippen molar-refractivity contribution in [1.82, 2.24) is 0 Å². The van der Waals surface area contributed by atoms with Gasteiger partial charge in [0.25, 0.3) is 0 Å². The lowest BCUT2D eigenvalue weighted by Gasteiger charge is -2.29. The van der Waals surface area contributed by atoms with Gasteiger partial charge in [0.1, 0.15) is 11.9 Å². The van der Waals surface area contributed by atoms with Gasteiger partial charge in [0.2, 0.25) is 0 Å². The minimum Gasteiger partial charge on any atom is -0.487 e. The van der Waals surface area contributed by atoms with Crippen molar-refractivity contribution < 1.29 is 9.84 Å². The summed E-state index contributed by atoms with van der Waals surface area (Å²) < 4.78 is 6.04. The predicted molar refractivity (Wildman–Crippen MR) is 74.2 cm³/mol. The summed E-state index contributed by atoms with van der Waals surface area (Å²) in [5.74, 6) is 1.44. The SMILES string of the molecule is Cc1ccc(C(C)C)cc1O[C@H]1CCCC[C@@H]1O. The maximum atomic E-state index is 9.97. The lowest BCUT2D eigenvalue weighted by atomic mass is 9.94. The van der Waals surface area contributed by atoms with Crippen LogP contribution in [0.25, 0.3) is 0 Å². The summed E-state index contributed by atoms with van der Waals surface area (Å²) in [6.45, 7) is 6.43. The Morgan fingerprint density at radius 2 is 1.94 bits per heavy atom. The van der Waals surface area contributed by atoms with Crippen LogP contribution in [0.4, 0.5) is 0 Å². The van der Waals surface area contributed by atoms with Crippen molar-refractivity contribution in [1.29, 1.82) is 0 Å². The molecule has 0 radical (unpaired) electrons. The third-order valence-electron chi connectivity index (χ3n) is 3.82. The summed E-state index contributed by atoms with van der Waals surface area (Å²) >= 11 is 0. The quantitative estimate of drug-likeness (QED) is 0.881. The van der Waals surface area contributed by atoms with Crippen LogP contribution in [0.15, 0.2) is 18.2 Å². The number of hydrogen-bond donors (Lipinski definition) is 1. The van der Waals surface area contributed by atoms with E-state index in [0.29, 0.717) is 5.92 Å². The third kappa shape index (κ3) is 3.05. The second-order valence-corrected chi connectivity index (χ2v) is 5.69. The second kappa shape index (κ2) is 5.75. The largest absolute Gasteiger partial charge is 0.487 e. The number of aryl methyl sites for hydroxylation is 1. The Morgan fingerprint density at radius 1 is 1.22 bits per heavy atom. The molecule has 18 heavy (non-hydrogen) atoms. The monoisotopic (exact) mass is 248 g/mol. The first-order valence-corrected chi connectivity index (χ1v) is 7.03. The lowest BCUT2D eigenvalue weighted by Crippen LogP contribution is -2.34. The van der Waals surface area contributed by atoms with Gasteiger partial charge in [-0.15, -0.1) is 0 Å². The molecule has 2 atom stereocenters. The highest BCUT2D eigenvalue weighted by Gasteiger charge is 2.25. The van der Waals surface area contributed by atoms with Crippen LogP contribution in [0.2, 0.25) is 0 Å². The topological polar surface area (TPSA) is 29.5 Å². The van der Waals surface area contributed by atoms with Crippen LogP contribution in [0, 0.1) is 6.92 Å². The molecule has 1 aromatic rings. The van der Waals surface area contributed by atoms with Crippen LogP contribution >= 0.6 is 0 Å². The molecule has 1 aromatic carbocycles. The van der Waals surface area contributed by atoms with Crippen LogP contribution in [0.3, 0.4) is 0 Å². The van der Waals surface area contributed by atoms with Crippen molar-refractivity contribution in [3.05, 3.63) is 29.3 Å². The Labute approximate surface area is 110 Å². The molecule has 0 aromatic heterocycles. The molecule has 0 saturated heterocycles. The van der Waals surface area contributed by atoms with Gasteiger partial charge >= 0.3 is 0 Å². The minimum atomic E-state index is -0.305. The Hall–Kier alpha value is -1.02. The molecule has 0 bridgehead atoms. The molecule has 0 unspecified atom stereocenters. The number of hydrogen-bond acceptors (Lipinski definition) is 2. The van der Waals surface area contributed by atoms with Crippen molar-refractivity contribution in [2.24, 2.45) is 0 Å². The molecule has 100 valence electrons. The van der Waals surface area contributed by atoms with Crippen molar-refractivity contribution in [3.8, 4) is 5.75 Å². The lowest BCUT2D eigenvalue weighted by molar-refractivity contribution is 0.00650. The zero-order valence-electron chi connectivity index (χ0n) is 11.6. The molecule has 1 N–H and O–H groups in total. The molecule has 2 rings (SSSR count). The van der Waals surface area contributed by atoms with E-state index in [4.69, 9.17) is 4.74 Å². The maximum Gasteiger partial charge on any atom is 0.124 e. The van der Waals surface area contributed by atoms with Gasteiger partial charge in [-0.2, -0.15) is 0 Å². The highest BCUT2D eigenvalue weighted by Crippen LogP contribution is 2.28. The molecular weight excluding hydrogens is 224 g/mol. The minimum absolute atomic E-state index is 0.0279. The molecule has 2 heteroatoms.